The number of hydrogen-bond donors (Lipinski definition) is 1. The van der Waals surface area contributed by atoms with Crippen molar-refractivity contribution < 1.29 is 14.0 Å². The number of piperazine rings is 1. The summed E-state index contributed by atoms with van der Waals surface area (Å²) in [4.78, 5) is 28.6. The fraction of sp³-hybridized carbons (Fsp3) is 0.333. The number of carbonyl (C=O) groups is 2. The summed E-state index contributed by atoms with van der Waals surface area (Å²) in [6, 6.07) is 17.2. The lowest BCUT2D eigenvalue weighted by atomic mass is 10.2. The van der Waals surface area contributed by atoms with Gasteiger partial charge in [-0.25, -0.2) is 0 Å². The maximum Gasteiger partial charge on any atom is 0.247 e. The molecule has 0 radical (unpaired) electrons. The highest BCUT2D eigenvalue weighted by molar-refractivity contribution is 6.30. The van der Waals surface area contributed by atoms with E-state index in [1.165, 1.54) is 0 Å². The van der Waals surface area contributed by atoms with Crippen LogP contribution in [0.3, 0.4) is 0 Å². The van der Waals surface area contributed by atoms with Crippen LogP contribution in [0.25, 0.3) is 11.5 Å². The zero-order valence-electron chi connectivity index (χ0n) is 18.2. The van der Waals surface area contributed by atoms with Crippen LogP contribution in [0.1, 0.15) is 18.7 Å². The Labute approximate surface area is 197 Å². The first-order valence-corrected chi connectivity index (χ1v) is 11.4. The summed E-state index contributed by atoms with van der Waals surface area (Å²) in [5.74, 6) is 0.730. The van der Waals surface area contributed by atoms with Crippen molar-refractivity contribution in [3.05, 3.63) is 65.5 Å². The van der Waals surface area contributed by atoms with Gasteiger partial charge < -0.3 is 19.5 Å². The van der Waals surface area contributed by atoms with Gasteiger partial charge in [-0.05, 0) is 36.8 Å². The topological polar surface area (TPSA) is 91.6 Å². The summed E-state index contributed by atoms with van der Waals surface area (Å²) >= 11 is 6.07. The van der Waals surface area contributed by atoms with Crippen LogP contribution in [-0.2, 0) is 16.0 Å². The molecule has 0 aliphatic carbocycles. The van der Waals surface area contributed by atoms with Gasteiger partial charge in [0.25, 0.3) is 0 Å². The summed E-state index contributed by atoms with van der Waals surface area (Å²) in [6.07, 6.45) is 1.36. The Morgan fingerprint density at radius 3 is 2.55 bits per heavy atom. The van der Waals surface area contributed by atoms with Crippen molar-refractivity contribution >= 4 is 29.1 Å². The maximum atomic E-state index is 12.5. The zero-order valence-corrected chi connectivity index (χ0v) is 19.0. The number of aromatic nitrogens is 2. The number of rotatable bonds is 8. The Morgan fingerprint density at radius 1 is 1.00 bits per heavy atom. The fourth-order valence-corrected chi connectivity index (χ4v) is 3.90. The third kappa shape index (κ3) is 6.32. The molecule has 2 amide bonds. The Morgan fingerprint density at radius 2 is 1.79 bits per heavy atom. The molecule has 4 rings (SSSR count). The minimum absolute atomic E-state index is 0.00864. The third-order valence-electron chi connectivity index (χ3n) is 5.52. The molecule has 0 bridgehead atoms. The van der Waals surface area contributed by atoms with E-state index in [1.54, 1.807) is 4.90 Å². The molecule has 0 unspecified atom stereocenters. The van der Waals surface area contributed by atoms with Gasteiger partial charge in [-0.1, -0.05) is 35.9 Å². The first-order chi connectivity index (χ1) is 16.1. The zero-order chi connectivity index (χ0) is 23.0. The van der Waals surface area contributed by atoms with E-state index in [-0.39, 0.29) is 18.4 Å². The number of carbonyl (C=O) groups excluding carboxylic acids is 2. The summed E-state index contributed by atoms with van der Waals surface area (Å²) < 4.78 is 5.65. The van der Waals surface area contributed by atoms with Gasteiger partial charge in [0.15, 0.2) is 0 Å². The Kier molecular flexibility index (Phi) is 7.57. The van der Waals surface area contributed by atoms with Crippen LogP contribution in [0.5, 0.6) is 0 Å². The van der Waals surface area contributed by atoms with E-state index in [1.807, 2.05) is 54.6 Å². The molecule has 0 spiro atoms. The van der Waals surface area contributed by atoms with Crippen molar-refractivity contribution in [2.75, 3.05) is 37.6 Å². The largest absolute Gasteiger partial charge is 0.421 e. The lowest BCUT2D eigenvalue weighted by Gasteiger charge is -2.36. The van der Waals surface area contributed by atoms with Gasteiger partial charge in [0.2, 0.25) is 23.6 Å². The predicted octanol–water partition coefficient (Wildman–Crippen LogP) is 3.18. The molecule has 0 atom stereocenters. The van der Waals surface area contributed by atoms with Crippen LogP contribution < -0.4 is 10.2 Å². The van der Waals surface area contributed by atoms with Crippen LogP contribution >= 0.6 is 11.6 Å². The molecule has 1 aliphatic heterocycles. The maximum absolute atomic E-state index is 12.5. The number of benzene rings is 2. The smallest absolute Gasteiger partial charge is 0.247 e. The van der Waals surface area contributed by atoms with E-state index in [9.17, 15) is 9.59 Å². The summed E-state index contributed by atoms with van der Waals surface area (Å²) in [7, 11) is 0. The minimum atomic E-state index is -0.163. The number of amides is 2. The van der Waals surface area contributed by atoms with Gasteiger partial charge >= 0.3 is 0 Å². The van der Waals surface area contributed by atoms with E-state index >= 15 is 0 Å². The van der Waals surface area contributed by atoms with Gasteiger partial charge in [-0.15, -0.1) is 10.2 Å². The number of hydrogen-bond acceptors (Lipinski definition) is 6. The number of anilines is 1. The molecule has 0 saturated carbocycles. The van der Waals surface area contributed by atoms with Gasteiger partial charge in [0.05, 0.1) is 6.54 Å². The standard InChI is InChI=1S/C24H26ClN5O3/c25-19-8-4-9-20(16-19)29-12-14-30(15-13-29)23(32)17-26-21(31)10-5-11-22-27-28-24(33-22)18-6-2-1-3-7-18/h1-4,6-9,16H,5,10-15,17H2,(H,26,31). The molecule has 2 heterocycles. The molecular weight excluding hydrogens is 442 g/mol. The average molecular weight is 468 g/mol. The number of nitrogens with zero attached hydrogens (tertiary/aromatic N) is 4. The molecule has 8 nitrogen and oxygen atoms in total. The van der Waals surface area contributed by atoms with Gasteiger partial charge in [0, 0.05) is 55.3 Å². The fourth-order valence-electron chi connectivity index (χ4n) is 3.71. The highest BCUT2D eigenvalue weighted by atomic mass is 35.5. The number of halogens is 1. The van der Waals surface area contributed by atoms with Crippen LogP contribution in [0, 0.1) is 0 Å². The lowest BCUT2D eigenvalue weighted by molar-refractivity contribution is -0.133. The summed E-state index contributed by atoms with van der Waals surface area (Å²) in [6.45, 7) is 2.70. The SMILES string of the molecule is O=C(CCCc1nnc(-c2ccccc2)o1)NCC(=O)N1CCN(c2cccc(Cl)c2)CC1. The van der Waals surface area contributed by atoms with Crippen LogP contribution in [-0.4, -0.2) is 59.6 Å². The average Bonchev–Trinajstić information content (AvgIpc) is 3.32. The number of aryl methyl sites for hydroxylation is 1. The molecule has 1 saturated heterocycles. The highest BCUT2D eigenvalue weighted by Gasteiger charge is 2.21. The van der Waals surface area contributed by atoms with E-state index < -0.39 is 0 Å². The van der Waals surface area contributed by atoms with E-state index in [0.717, 1.165) is 24.3 Å². The van der Waals surface area contributed by atoms with Gasteiger partial charge in [-0.3, -0.25) is 9.59 Å². The van der Waals surface area contributed by atoms with Crippen molar-refractivity contribution in [3.8, 4) is 11.5 Å². The second-order valence-corrected chi connectivity index (χ2v) is 8.28. The Bertz CT molecular complexity index is 1080. The van der Waals surface area contributed by atoms with Crippen molar-refractivity contribution in [1.82, 2.24) is 20.4 Å². The molecule has 1 aromatic heterocycles. The first-order valence-electron chi connectivity index (χ1n) is 11.0. The van der Waals surface area contributed by atoms with E-state index in [0.29, 0.717) is 49.2 Å². The molecule has 3 aromatic rings. The first kappa shape index (κ1) is 22.8. The highest BCUT2D eigenvalue weighted by Crippen LogP contribution is 2.21. The summed E-state index contributed by atoms with van der Waals surface area (Å²) in [5, 5.41) is 11.5. The molecule has 172 valence electrons. The molecule has 1 aliphatic rings. The predicted molar refractivity (Wildman–Crippen MR) is 126 cm³/mol. The molecule has 2 aromatic carbocycles. The van der Waals surface area contributed by atoms with Crippen LogP contribution in [0.15, 0.2) is 59.0 Å². The van der Waals surface area contributed by atoms with Crippen molar-refractivity contribution in [2.24, 2.45) is 0 Å². The number of nitrogens with one attached hydrogen (secondary N) is 1. The second-order valence-electron chi connectivity index (χ2n) is 7.84. The molecule has 9 heteroatoms. The lowest BCUT2D eigenvalue weighted by Crippen LogP contribution is -2.51. The van der Waals surface area contributed by atoms with E-state index in [4.69, 9.17) is 16.0 Å². The van der Waals surface area contributed by atoms with Gasteiger partial charge in [-0.2, -0.15) is 0 Å². The normalized spacial score (nSPS) is 13.7. The minimum Gasteiger partial charge on any atom is -0.421 e. The molecule has 33 heavy (non-hydrogen) atoms. The van der Waals surface area contributed by atoms with Gasteiger partial charge in [0.1, 0.15) is 0 Å². The molecule has 1 fully saturated rings. The van der Waals surface area contributed by atoms with Crippen molar-refractivity contribution in [3.63, 3.8) is 0 Å². The van der Waals surface area contributed by atoms with E-state index in [2.05, 4.69) is 20.4 Å². The van der Waals surface area contributed by atoms with Crippen LogP contribution in [0.2, 0.25) is 5.02 Å². The molecular formula is C24H26ClN5O3. The quantitative estimate of drug-likeness (QED) is 0.547. The molecule has 1 N–H and O–H groups in total. The van der Waals surface area contributed by atoms with Crippen molar-refractivity contribution in [2.45, 2.75) is 19.3 Å². The monoisotopic (exact) mass is 467 g/mol. The summed E-state index contributed by atoms with van der Waals surface area (Å²) in [5.41, 5.74) is 1.92. The van der Waals surface area contributed by atoms with Crippen LogP contribution in [0.4, 0.5) is 5.69 Å². The Balaban J connectivity index is 1.14. The third-order valence-corrected chi connectivity index (χ3v) is 5.76. The van der Waals surface area contributed by atoms with Crippen molar-refractivity contribution in [1.29, 1.82) is 0 Å². The second kappa shape index (κ2) is 11.0. The Hall–Kier alpha value is -3.39.